The van der Waals surface area contributed by atoms with Crippen LogP contribution < -0.4 is 0 Å². The Hall–Kier alpha value is -0.660. The summed E-state index contributed by atoms with van der Waals surface area (Å²) >= 11 is 0. The molecule has 0 atom stereocenters. The van der Waals surface area contributed by atoms with Gasteiger partial charge in [0.25, 0.3) is 0 Å². The fourth-order valence-corrected chi connectivity index (χ4v) is 3.46. The summed E-state index contributed by atoms with van der Waals surface area (Å²) in [6, 6.07) is 0. The molecule has 0 spiro atoms. The van der Waals surface area contributed by atoms with Gasteiger partial charge in [0.15, 0.2) is 0 Å². The Kier molecular flexibility index (Phi) is 20.1. The fraction of sp³-hybridized carbons (Fsp3) is 0.917. The second-order valence-corrected chi connectivity index (χ2v) is 7.98. The standard InChI is InChI=1S/C24H46O2/c1-3-5-6-7-8-9-11-15-18-21-24(26)22-19-16-13-10-12-14-17-20-23(25)4-2/h3-22H2,1-2H3. The van der Waals surface area contributed by atoms with Gasteiger partial charge in [-0.25, -0.2) is 0 Å². The van der Waals surface area contributed by atoms with Gasteiger partial charge in [-0.1, -0.05) is 97.3 Å². The average molecular weight is 367 g/mol. The molecule has 0 aliphatic heterocycles. The lowest BCUT2D eigenvalue weighted by atomic mass is 10.0. The molecule has 0 aromatic heterocycles. The Morgan fingerprint density at radius 3 is 1.08 bits per heavy atom. The topological polar surface area (TPSA) is 34.1 Å². The van der Waals surface area contributed by atoms with Crippen LogP contribution in [0.2, 0.25) is 0 Å². The number of hydrogen-bond donors (Lipinski definition) is 0. The first-order valence-electron chi connectivity index (χ1n) is 11.7. The van der Waals surface area contributed by atoms with Gasteiger partial charge >= 0.3 is 0 Å². The van der Waals surface area contributed by atoms with E-state index in [2.05, 4.69) is 6.92 Å². The van der Waals surface area contributed by atoms with Crippen molar-refractivity contribution in [3.8, 4) is 0 Å². The van der Waals surface area contributed by atoms with Gasteiger partial charge in [0.05, 0.1) is 0 Å². The number of rotatable bonds is 21. The first-order valence-corrected chi connectivity index (χ1v) is 11.7. The first kappa shape index (κ1) is 25.3. The highest BCUT2D eigenvalue weighted by atomic mass is 16.1. The Labute approximate surface area is 163 Å². The first-order chi connectivity index (χ1) is 12.7. The molecule has 0 aromatic carbocycles. The molecule has 0 saturated heterocycles. The fourth-order valence-electron chi connectivity index (χ4n) is 3.46. The summed E-state index contributed by atoms with van der Waals surface area (Å²) < 4.78 is 0. The van der Waals surface area contributed by atoms with E-state index in [9.17, 15) is 9.59 Å². The van der Waals surface area contributed by atoms with E-state index in [1.54, 1.807) is 0 Å². The van der Waals surface area contributed by atoms with Gasteiger partial charge in [-0.05, 0) is 19.3 Å². The molecule has 26 heavy (non-hydrogen) atoms. The quantitative estimate of drug-likeness (QED) is 0.193. The molecule has 0 fully saturated rings. The summed E-state index contributed by atoms with van der Waals surface area (Å²) in [7, 11) is 0. The molecular formula is C24H46O2. The highest BCUT2D eigenvalue weighted by Crippen LogP contribution is 2.13. The number of unbranched alkanes of at least 4 members (excludes halogenated alkanes) is 14. The van der Waals surface area contributed by atoms with Crippen molar-refractivity contribution in [3.05, 3.63) is 0 Å². The summed E-state index contributed by atoms with van der Waals surface area (Å²) in [5.74, 6) is 0.876. The Morgan fingerprint density at radius 2 is 0.731 bits per heavy atom. The van der Waals surface area contributed by atoms with Crippen LogP contribution in [0.5, 0.6) is 0 Å². The van der Waals surface area contributed by atoms with Crippen LogP contribution in [0.15, 0.2) is 0 Å². The zero-order valence-electron chi connectivity index (χ0n) is 18.0. The van der Waals surface area contributed by atoms with E-state index < -0.39 is 0 Å². The van der Waals surface area contributed by atoms with E-state index in [-0.39, 0.29) is 0 Å². The van der Waals surface area contributed by atoms with Gasteiger partial charge in [0.2, 0.25) is 0 Å². The van der Waals surface area contributed by atoms with Gasteiger partial charge in [0, 0.05) is 25.7 Å². The summed E-state index contributed by atoms with van der Waals surface area (Å²) in [5.41, 5.74) is 0. The maximum Gasteiger partial charge on any atom is 0.132 e. The minimum Gasteiger partial charge on any atom is -0.300 e. The number of ketones is 2. The van der Waals surface area contributed by atoms with Crippen molar-refractivity contribution in [3.63, 3.8) is 0 Å². The van der Waals surface area contributed by atoms with E-state index in [0.29, 0.717) is 18.0 Å². The second-order valence-electron chi connectivity index (χ2n) is 7.98. The molecule has 0 aliphatic carbocycles. The van der Waals surface area contributed by atoms with Crippen LogP contribution in [0.1, 0.15) is 142 Å². The number of hydrogen-bond acceptors (Lipinski definition) is 2. The van der Waals surface area contributed by atoms with Crippen molar-refractivity contribution in [2.45, 2.75) is 142 Å². The third-order valence-corrected chi connectivity index (χ3v) is 5.36. The lowest BCUT2D eigenvalue weighted by Crippen LogP contribution is -1.97. The molecular weight excluding hydrogens is 320 g/mol. The van der Waals surface area contributed by atoms with Gasteiger partial charge < -0.3 is 0 Å². The molecule has 0 rings (SSSR count). The molecule has 0 bridgehead atoms. The van der Waals surface area contributed by atoms with E-state index in [4.69, 9.17) is 0 Å². The van der Waals surface area contributed by atoms with E-state index in [0.717, 1.165) is 38.5 Å². The third kappa shape index (κ3) is 19.7. The van der Waals surface area contributed by atoms with Crippen LogP contribution in [-0.2, 0) is 9.59 Å². The van der Waals surface area contributed by atoms with Gasteiger partial charge in [0.1, 0.15) is 11.6 Å². The summed E-state index contributed by atoms with van der Waals surface area (Å²) in [6.45, 7) is 4.20. The Bertz CT molecular complexity index is 322. The Morgan fingerprint density at radius 1 is 0.423 bits per heavy atom. The third-order valence-electron chi connectivity index (χ3n) is 5.36. The minimum atomic E-state index is 0.399. The van der Waals surface area contributed by atoms with Crippen LogP contribution in [0.25, 0.3) is 0 Å². The van der Waals surface area contributed by atoms with Crippen LogP contribution >= 0.6 is 0 Å². The van der Waals surface area contributed by atoms with Crippen LogP contribution in [-0.4, -0.2) is 11.6 Å². The van der Waals surface area contributed by atoms with Crippen molar-refractivity contribution in [2.75, 3.05) is 0 Å². The Balaban J connectivity index is 3.19. The lowest BCUT2D eigenvalue weighted by Gasteiger charge is -2.03. The van der Waals surface area contributed by atoms with Crippen molar-refractivity contribution in [1.29, 1.82) is 0 Å². The lowest BCUT2D eigenvalue weighted by molar-refractivity contribution is -0.119. The highest BCUT2D eigenvalue weighted by Gasteiger charge is 2.02. The maximum atomic E-state index is 11.9. The van der Waals surface area contributed by atoms with Gasteiger partial charge in [-0.2, -0.15) is 0 Å². The maximum absolute atomic E-state index is 11.9. The molecule has 0 unspecified atom stereocenters. The smallest absolute Gasteiger partial charge is 0.132 e. The monoisotopic (exact) mass is 366 g/mol. The largest absolute Gasteiger partial charge is 0.300 e. The number of Topliss-reactive ketones (excluding diaryl/α,β-unsaturated/α-hetero) is 2. The van der Waals surface area contributed by atoms with Crippen LogP contribution in [0.3, 0.4) is 0 Å². The average Bonchev–Trinajstić information content (AvgIpc) is 2.65. The van der Waals surface area contributed by atoms with E-state index in [1.165, 1.54) is 83.5 Å². The zero-order chi connectivity index (χ0) is 19.3. The molecule has 0 aliphatic rings. The summed E-state index contributed by atoms with van der Waals surface area (Å²) in [5, 5.41) is 0. The van der Waals surface area contributed by atoms with Gasteiger partial charge in [-0.3, -0.25) is 9.59 Å². The van der Waals surface area contributed by atoms with Gasteiger partial charge in [-0.15, -0.1) is 0 Å². The van der Waals surface area contributed by atoms with Crippen molar-refractivity contribution >= 4 is 11.6 Å². The van der Waals surface area contributed by atoms with Crippen molar-refractivity contribution in [1.82, 2.24) is 0 Å². The molecule has 0 heterocycles. The highest BCUT2D eigenvalue weighted by molar-refractivity contribution is 5.78. The number of carbonyl (C=O) groups excluding carboxylic acids is 2. The van der Waals surface area contributed by atoms with Crippen LogP contribution in [0, 0.1) is 0 Å². The molecule has 2 heteroatoms. The molecule has 0 N–H and O–H groups in total. The molecule has 154 valence electrons. The zero-order valence-corrected chi connectivity index (χ0v) is 18.0. The molecule has 2 nitrogen and oxygen atoms in total. The normalized spacial score (nSPS) is 11.0. The van der Waals surface area contributed by atoms with Crippen molar-refractivity contribution < 1.29 is 9.59 Å². The predicted molar refractivity (Wildman–Crippen MR) is 114 cm³/mol. The van der Waals surface area contributed by atoms with E-state index >= 15 is 0 Å². The minimum absolute atomic E-state index is 0.399. The second kappa shape index (κ2) is 20.6. The molecule has 0 amide bonds. The predicted octanol–water partition coefficient (Wildman–Crippen LogP) is 7.97. The molecule has 0 saturated carbocycles. The SMILES string of the molecule is CCCCCCCCCCCC(=O)CCCCCCCCCC(=O)CC. The van der Waals surface area contributed by atoms with Crippen LogP contribution in [0.4, 0.5) is 0 Å². The van der Waals surface area contributed by atoms with Crippen molar-refractivity contribution in [2.24, 2.45) is 0 Å². The molecule has 0 radical (unpaired) electrons. The summed E-state index contributed by atoms with van der Waals surface area (Å²) in [4.78, 5) is 23.1. The molecule has 0 aromatic rings. The number of carbonyl (C=O) groups is 2. The van der Waals surface area contributed by atoms with E-state index in [1.807, 2.05) is 6.92 Å². The summed E-state index contributed by atoms with van der Waals surface area (Å²) in [6.07, 6.45) is 23.2.